The number of rotatable bonds is 5. The second-order valence-corrected chi connectivity index (χ2v) is 6.72. The van der Waals surface area contributed by atoms with Crippen LogP contribution < -0.4 is 10.2 Å². The maximum Gasteiger partial charge on any atom is 0.277 e. The fourth-order valence-electron chi connectivity index (χ4n) is 2.34. The maximum atomic E-state index is 11.9. The first-order valence-corrected chi connectivity index (χ1v) is 8.89. The van der Waals surface area contributed by atoms with Crippen LogP contribution >= 0.6 is 34.8 Å². The molecule has 0 radical (unpaired) electrons. The number of hydrogen-bond donors (Lipinski definition) is 2. The summed E-state index contributed by atoms with van der Waals surface area (Å²) in [5.74, 6) is -0.184. The van der Waals surface area contributed by atoms with Crippen molar-refractivity contribution in [1.29, 1.82) is 0 Å². The van der Waals surface area contributed by atoms with Crippen LogP contribution in [0.1, 0.15) is 5.56 Å². The Morgan fingerprint density at radius 1 is 1.07 bits per heavy atom. The summed E-state index contributed by atoms with van der Waals surface area (Å²) in [6.45, 7) is -0.321. The summed E-state index contributed by atoms with van der Waals surface area (Å²) < 4.78 is 5.31. The SMILES string of the molecule is O=C(COc1cc(Cl)c(Cl)cc1Cl)N/N=C/c1ccc2ccccc2c1O. The minimum Gasteiger partial charge on any atom is -0.507 e. The molecule has 0 atom stereocenters. The molecular weight excluding hydrogens is 411 g/mol. The van der Waals surface area contributed by atoms with Crippen molar-refractivity contribution in [3.05, 3.63) is 69.2 Å². The number of phenolic OH excluding ortho intramolecular Hbond substituents is 1. The van der Waals surface area contributed by atoms with Gasteiger partial charge in [-0.05, 0) is 17.5 Å². The first-order valence-electron chi connectivity index (χ1n) is 7.75. The van der Waals surface area contributed by atoms with Crippen molar-refractivity contribution in [2.24, 2.45) is 5.10 Å². The smallest absolute Gasteiger partial charge is 0.277 e. The van der Waals surface area contributed by atoms with Crippen molar-refractivity contribution in [2.75, 3.05) is 6.61 Å². The quantitative estimate of drug-likeness (QED) is 0.343. The van der Waals surface area contributed by atoms with Crippen LogP contribution in [0, 0.1) is 0 Å². The molecule has 3 aromatic carbocycles. The van der Waals surface area contributed by atoms with E-state index in [0.717, 1.165) is 5.39 Å². The van der Waals surface area contributed by atoms with Crippen molar-refractivity contribution in [1.82, 2.24) is 5.43 Å². The molecule has 0 saturated carbocycles. The number of nitrogens with one attached hydrogen (secondary N) is 1. The molecule has 0 unspecified atom stereocenters. The Hall–Kier alpha value is -2.47. The fourth-order valence-corrected chi connectivity index (χ4v) is 2.93. The number of hydrogen-bond acceptors (Lipinski definition) is 4. The standard InChI is InChI=1S/C19H13Cl3N2O3/c20-14-7-16(22)17(8-15(14)21)27-10-18(25)24-23-9-12-6-5-11-3-1-2-4-13(11)19(12)26/h1-9,26H,10H2,(H,24,25)/b23-9+. The highest BCUT2D eigenvalue weighted by atomic mass is 35.5. The lowest BCUT2D eigenvalue weighted by Crippen LogP contribution is -2.24. The first kappa shape index (κ1) is 19.3. The molecule has 5 nitrogen and oxygen atoms in total. The number of phenols is 1. The number of aromatic hydroxyl groups is 1. The summed E-state index contributed by atoms with van der Waals surface area (Å²) >= 11 is 17.7. The lowest BCUT2D eigenvalue weighted by molar-refractivity contribution is -0.123. The third kappa shape index (κ3) is 4.63. The lowest BCUT2D eigenvalue weighted by Gasteiger charge is -2.08. The zero-order valence-corrected chi connectivity index (χ0v) is 16.0. The molecule has 0 fully saturated rings. The summed E-state index contributed by atoms with van der Waals surface area (Å²) in [5, 5.41) is 16.5. The third-order valence-electron chi connectivity index (χ3n) is 3.66. The van der Waals surface area contributed by atoms with E-state index in [1.165, 1.54) is 18.3 Å². The van der Waals surface area contributed by atoms with Gasteiger partial charge in [0.15, 0.2) is 6.61 Å². The molecule has 0 aromatic heterocycles. The van der Waals surface area contributed by atoms with E-state index >= 15 is 0 Å². The zero-order chi connectivity index (χ0) is 19.4. The normalized spacial score (nSPS) is 11.1. The molecule has 138 valence electrons. The Morgan fingerprint density at radius 2 is 1.81 bits per heavy atom. The van der Waals surface area contributed by atoms with Crippen LogP contribution in [-0.4, -0.2) is 23.8 Å². The van der Waals surface area contributed by atoms with Gasteiger partial charge in [0, 0.05) is 17.0 Å². The Balaban J connectivity index is 1.61. The van der Waals surface area contributed by atoms with Gasteiger partial charge >= 0.3 is 0 Å². The minimum absolute atomic E-state index is 0.0879. The van der Waals surface area contributed by atoms with Crippen molar-refractivity contribution in [3.63, 3.8) is 0 Å². The molecule has 0 bridgehead atoms. The average Bonchev–Trinajstić information content (AvgIpc) is 2.65. The molecule has 3 rings (SSSR count). The minimum atomic E-state index is -0.506. The van der Waals surface area contributed by atoms with Crippen molar-refractivity contribution in [3.8, 4) is 11.5 Å². The van der Waals surface area contributed by atoms with Crippen molar-refractivity contribution >= 4 is 57.7 Å². The van der Waals surface area contributed by atoms with Gasteiger partial charge in [-0.2, -0.15) is 5.10 Å². The summed E-state index contributed by atoms with van der Waals surface area (Å²) in [6.07, 6.45) is 1.35. The molecule has 2 N–H and O–H groups in total. The molecule has 3 aromatic rings. The van der Waals surface area contributed by atoms with E-state index in [9.17, 15) is 9.90 Å². The van der Waals surface area contributed by atoms with Gasteiger partial charge in [-0.3, -0.25) is 4.79 Å². The number of carbonyl (C=O) groups excluding carboxylic acids is 1. The van der Waals surface area contributed by atoms with Gasteiger partial charge < -0.3 is 9.84 Å². The van der Waals surface area contributed by atoms with Crippen LogP contribution in [0.5, 0.6) is 11.5 Å². The Kier molecular flexibility index (Phi) is 6.06. The van der Waals surface area contributed by atoms with E-state index in [2.05, 4.69) is 10.5 Å². The highest BCUT2D eigenvalue weighted by Gasteiger charge is 2.09. The maximum absolute atomic E-state index is 11.9. The van der Waals surface area contributed by atoms with Gasteiger partial charge in [-0.1, -0.05) is 65.1 Å². The summed E-state index contributed by atoms with van der Waals surface area (Å²) in [4.78, 5) is 11.9. The number of benzene rings is 3. The average molecular weight is 424 g/mol. The number of amides is 1. The molecule has 0 aliphatic carbocycles. The summed E-state index contributed by atoms with van der Waals surface area (Å²) in [5.41, 5.74) is 2.79. The number of nitrogens with zero attached hydrogens (tertiary/aromatic N) is 1. The van der Waals surface area contributed by atoms with Gasteiger partial charge in [0.25, 0.3) is 5.91 Å². The van der Waals surface area contributed by atoms with E-state index in [1.54, 1.807) is 12.1 Å². The Morgan fingerprint density at radius 3 is 2.63 bits per heavy atom. The molecular formula is C19H13Cl3N2O3. The van der Waals surface area contributed by atoms with E-state index in [0.29, 0.717) is 16.0 Å². The van der Waals surface area contributed by atoms with E-state index in [-0.39, 0.29) is 28.2 Å². The van der Waals surface area contributed by atoms with Gasteiger partial charge in [0.1, 0.15) is 11.5 Å². The number of fused-ring (bicyclic) bond motifs is 1. The predicted molar refractivity (Wildman–Crippen MR) is 108 cm³/mol. The van der Waals surface area contributed by atoms with Crippen molar-refractivity contribution in [2.45, 2.75) is 0 Å². The molecule has 0 aliphatic rings. The monoisotopic (exact) mass is 422 g/mol. The van der Waals surface area contributed by atoms with Crippen LogP contribution in [0.4, 0.5) is 0 Å². The summed E-state index contributed by atoms with van der Waals surface area (Å²) in [7, 11) is 0. The first-order chi connectivity index (χ1) is 13.0. The zero-order valence-electron chi connectivity index (χ0n) is 13.7. The molecule has 0 aliphatic heterocycles. The van der Waals surface area contributed by atoms with E-state index in [1.807, 2.05) is 24.3 Å². The molecule has 0 spiro atoms. The van der Waals surface area contributed by atoms with Crippen LogP contribution in [0.15, 0.2) is 53.6 Å². The van der Waals surface area contributed by atoms with Gasteiger partial charge in [-0.25, -0.2) is 5.43 Å². The van der Waals surface area contributed by atoms with E-state index in [4.69, 9.17) is 39.5 Å². The van der Waals surface area contributed by atoms with Gasteiger partial charge in [-0.15, -0.1) is 0 Å². The fraction of sp³-hybridized carbons (Fsp3) is 0.0526. The Bertz CT molecular complexity index is 1040. The van der Waals surface area contributed by atoms with Gasteiger partial charge in [0.05, 0.1) is 21.3 Å². The van der Waals surface area contributed by atoms with Crippen LogP contribution in [0.25, 0.3) is 10.8 Å². The number of hydrazone groups is 1. The number of ether oxygens (including phenoxy) is 1. The second-order valence-electron chi connectivity index (χ2n) is 5.50. The van der Waals surface area contributed by atoms with Crippen LogP contribution in [0.2, 0.25) is 15.1 Å². The predicted octanol–water partition coefficient (Wildman–Crippen LogP) is 5.03. The number of carbonyl (C=O) groups is 1. The van der Waals surface area contributed by atoms with Gasteiger partial charge in [0.2, 0.25) is 0 Å². The molecule has 0 heterocycles. The number of halogens is 3. The van der Waals surface area contributed by atoms with Crippen LogP contribution in [-0.2, 0) is 4.79 Å². The second kappa shape index (κ2) is 8.48. The lowest BCUT2D eigenvalue weighted by atomic mass is 10.1. The molecule has 1 amide bonds. The topological polar surface area (TPSA) is 70.9 Å². The Labute approximate surface area is 170 Å². The summed E-state index contributed by atoms with van der Waals surface area (Å²) in [6, 6.07) is 13.8. The third-order valence-corrected chi connectivity index (χ3v) is 4.68. The largest absolute Gasteiger partial charge is 0.507 e. The molecule has 0 saturated heterocycles. The van der Waals surface area contributed by atoms with E-state index < -0.39 is 5.91 Å². The highest BCUT2D eigenvalue weighted by molar-refractivity contribution is 6.43. The van der Waals surface area contributed by atoms with Crippen LogP contribution in [0.3, 0.4) is 0 Å². The highest BCUT2D eigenvalue weighted by Crippen LogP contribution is 2.33. The molecule has 27 heavy (non-hydrogen) atoms. The molecule has 8 heteroatoms. The van der Waals surface area contributed by atoms with Crippen molar-refractivity contribution < 1.29 is 14.6 Å².